The fourth-order valence-electron chi connectivity index (χ4n) is 1.08. The summed E-state index contributed by atoms with van der Waals surface area (Å²) in [5.74, 6) is -2.35. The molecule has 0 aromatic carbocycles. The Morgan fingerprint density at radius 3 is 2.11 bits per heavy atom. The van der Waals surface area contributed by atoms with E-state index in [1.54, 1.807) is 6.92 Å². The number of halogens is 2. The Bertz CT molecular complexity index is 104. The summed E-state index contributed by atoms with van der Waals surface area (Å²) in [6, 6.07) is -0.0652. The number of rotatable bonds is 1. The normalized spacial score (nSPS) is 29.3. The highest BCUT2D eigenvalue weighted by molar-refractivity contribution is 4.89. The van der Waals surface area contributed by atoms with E-state index in [1.807, 2.05) is 0 Å². The Balaban J connectivity index is 2.27. The van der Waals surface area contributed by atoms with Crippen molar-refractivity contribution >= 4 is 0 Å². The zero-order valence-corrected chi connectivity index (χ0v) is 5.40. The van der Waals surface area contributed by atoms with Crippen LogP contribution in [-0.2, 0) is 0 Å². The summed E-state index contributed by atoms with van der Waals surface area (Å²) in [5, 5.41) is 0. The smallest absolute Gasteiger partial charge is 0.248 e. The van der Waals surface area contributed by atoms with Crippen LogP contribution in [0.3, 0.4) is 0 Å². The van der Waals surface area contributed by atoms with Crippen molar-refractivity contribution in [1.82, 2.24) is 0 Å². The lowest BCUT2D eigenvalue weighted by atomic mass is 9.77. The predicted octanol–water partition coefficient (Wildman–Crippen LogP) is 1.38. The molecule has 54 valence electrons. The second kappa shape index (κ2) is 1.90. The van der Waals surface area contributed by atoms with Gasteiger partial charge in [-0.1, -0.05) is 0 Å². The molecular formula is C6H11F2N. The van der Waals surface area contributed by atoms with E-state index in [1.165, 1.54) is 0 Å². The Kier molecular flexibility index (Phi) is 1.47. The Morgan fingerprint density at radius 2 is 2.00 bits per heavy atom. The topological polar surface area (TPSA) is 26.0 Å². The molecule has 0 heterocycles. The first-order valence-corrected chi connectivity index (χ1v) is 3.15. The lowest BCUT2D eigenvalue weighted by Crippen LogP contribution is -2.44. The van der Waals surface area contributed by atoms with E-state index in [2.05, 4.69) is 0 Å². The van der Waals surface area contributed by atoms with Gasteiger partial charge in [-0.25, -0.2) is 8.78 Å². The molecule has 0 saturated heterocycles. The van der Waals surface area contributed by atoms with Crippen molar-refractivity contribution in [3.05, 3.63) is 0 Å². The SMILES string of the molecule is CC(N)C1CC(F)(F)C1. The number of hydrogen-bond acceptors (Lipinski definition) is 1. The van der Waals surface area contributed by atoms with Gasteiger partial charge < -0.3 is 5.73 Å². The average molecular weight is 135 g/mol. The maximum Gasteiger partial charge on any atom is 0.248 e. The van der Waals surface area contributed by atoms with Gasteiger partial charge in [-0.3, -0.25) is 0 Å². The third-order valence-electron chi connectivity index (χ3n) is 1.87. The zero-order chi connectivity index (χ0) is 7.07. The molecular weight excluding hydrogens is 124 g/mol. The van der Waals surface area contributed by atoms with Crippen LogP contribution in [0.2, 0.25) is 0 Å². The van der Waals surface area contributed by atoms with Crippen molar-refractivity contribution in [2.75, 3.05) is 0 Å². The quantitative estimate of drug-likeness (QED) is 0.577. The van der Waals surface area contributed by atoms with Gasteiger partial charge in [-0.2, -0.15) is 0 Å². The van der Waals surface area contributed by atoms with Crippen LogP contribution in [0.5, 0.6) is 0 Å². The summed E-state index contributed by atoms with van der Waals surface area (Å²) >= 11 is 0. The van der Waals surface area contributed by atoms with E-state index in [0.717, 1.165) is 0 Å². The zero-order valence-electron chi connectivity index (χ0n) is 5.40. The summed E-state index contributed by atoms with van der Waals surface area (Å²) in [6.07, 6.45) is -0.0185. The maximum atomic E-state index is 12.1. The highest BCUT2D eigenvalue weighted by atomic mass is 19.3. The minimum absolute atomic E-state index is 0.00926. The van der Waals surface area contributed by atoms with Crippen molar-refractivity contribution in [1.29, 1.82) is 0 Å². The second-order valence-corrected chi connectivity index (χ2v) is 2.88. The number of hydrogen-bond donors (Lipinski definition) is 1. The van der Waals surface area contributed by atoms with E-state index in [4.69, 9.17) is 5.73 Å². The van der Waals surface area contributed by atoms with Gasteiger partial charge in [0.2, 0.25) is 5.92 Å². The molecule has 0 amide bonds. The fourth-order valence-corrected chi connectivity index (χ4v) is 1.08. The van der Waals surface area contributed by atoms with E-state index < -0.39 is 5.92 Å². The molecule has 3 heteroatoms. The standard InChI is InChI=1S/C6H11F2N/c1-4(9)5-2-6(7,8)3-5/h4-5H,2-3,9H2,1H3. The summed E-state index contributed by atoms with van der Waals surface area (Å²) < 4.78 is 24.2. The molecule has 1 unspecified atom stereocenters. The molecule has 1 saturated carbocycles. The highest BCUT2D eigenvalue weighted by Crippen LogP contribution is 2.43. The van der Waals surface area contributed by atoms with Crippen LogP contribution >= 0.6 is 0 Å². The van der Waals surface area contributed by atoms with Crippen molar-refractivity contribution in [2.24, 2.45) is 11.7 Å². The molecule has 1 fully saturated rings. The van der Waals surface area contributed by atoms with Crippen LogP contribution in [0, 0.1) is 5.92 Å². The molecule has 1 atom stereocenters. The van der Waals surface area contributed by atoms with E-state index >= 15 is 0 Å². The Hall–Kier alpha value is -0.180. The van der Waals surface area contributed by atoms with Gasteiger partial charge in [0.05, 0.1) is 0 Å². The number of nitrogens with two attached hydrogens (primary N) is 1. The third-order valence-corrected chi connectivity index (χ3v) is 1.87. The van der Waals surface area contributed by atoms with Gasteiger partial charge in [-0.05, 0) is 12.8 Å². The van der Waals surface area contributed by atoms with Crippen molar-refractivity contribution in [2.45, 2.75) is 31.7 Å². The first kappa shape index (κ1) is 6.93. The molecule has 1 nitrogen and oxygen atoms in total. The van der Waals surface area contributed by atoms with Crippen molar-refractivity contribution in [3.8, 4) is 0 Å². The third kappa shape index (κ3) is 1.39. The summed E-state index contributed by atoms with van der Waals surface area (Å²) in [6.45, 7) is 1.78. The predicted molar refractivity (Wildman–Crippen MR) is 31.3 cm³/mol. The van der Waals surface area contributed by atoms with Crippen molar-refractivity contribution < 1.29 is 8.78 Å². The molecule has 0 aliphatic heterocycles. The largest absolute Gasteiger partial charge is 0.328 e. The molecule has 2 N–H and O–H groups in total. The van der Waals surface area contributed by atoms with Gasteiger partial charge >= 0.3 is 0 Å². The van der Waals surface area contributed by atoms with Crippen LogP contribution in [0.15, 0.2) is 0 Å². The van der Waals surface area contributed by atoms with Gasteiger partial charge in [-0.15, -0.1) is 0 Å². The molecule has 1 aliphatic carbocycles. The molecule has 0 aromatic heterocycles. The molecule has 1 rings (SSSR count). The van der Waals surface area contributed by atoms with Gasteiger partial charge in [0.1, 0.15) is 0 Å². The molecule has 0 spiro atoms. The van der Waals surface area contributed by atoms with Crippen LogP contribution < -0.4 is 5.73 Å². The molecule has 9 heavy (non-hydrogen) atoms. The van der Waals surface area contributed by atoms with E-state index in [0.29, 0.717) is 0 Å². The maximum absolute atomic E-state index is 12.1. The average Bonchev–Trinajstić information content (AvgIpc) is 1.59. The van der Waals surface area contributed by atoms with Gasteiger partial charge in [0, 0.05) is 18.9 Å². The van der Waals surface area contributed by atoms with Crippen molar-refractivity contribution in [3.63, 3.8) is 0 Å². The summed E-state index contributed by atoms with van der Waals surface area (Å²) in [7, 11) is 0. The highest BCUT2D eigenvalue weighted by Gasteiger charge is 2.46. The summed E-state index contributed by atoms with van der Waals surface area (Å²) in [5.41, 5.74) is 5.39. The van der Waals surface area contributed by atoms with Crippen LogP contribution in [0.1, 0.15) is 19.8 Å². The first-order valence-electron chi connectivity index (χ1n) is 3.15. The lowest BCUT2D eigenvalue weighted by Gasteiger charge is -2.37. The Morgan fingerprint density at radius 1 is 1.56 bits per heavy atom. The molecule has 0 bridgehead atoms. The van der Waals surface area contributed by atoms with Crippen LogP contribution in [0.25, 0.3) is 0 Å². The van der Waals surface area contributed by atoms with Gasteiger partial charge in [0.25, 0.3) is 0 Å². The van der Waals surface area contributed by atoms with Crippen LogP contribution in [-0.4, -0.2) is 12.0 Å². The summed E-state index contributed by atoms with van der Waals surface area (Å²) in [4.78, 5) is 0. The molecule has 1 aliphatic rings. The number of alkyl halides is 2. The molecule has 0 radical (unpaired) electrons. The fraction of sp³-hybridized carbons (Fsp3) is 1.00. The Labute approximate surface area is 53.2 Å². The van der Waals surface area contributed by atoms with E-state index in [-0.39, 0.29) is 24.8 Å². The molecule has 0 aromatic rings. The first-order chi connectivity index (χ1) is 4.01. The minimum atomic E-state index is -2.40. The van der Waals surface area contributed by atoms with Gasteiger partial charge in [0.15, 0.2) is 0 Å². The van der Waals surface area contributed by atoms with Crippen LogP contribution in [0.4, 0.5) is 8.78 Å². The van der Waals surface area contributed by atoms with E-state index in [9.17, 15) is 8.78 Å². The monoisotopic (exact) mass is 135 g/mol. The minimum Gasteiger partial charge on any atom is -0.328 e. The second-order valence-electron chi connectivity index (χ2n) is 2.88. The lowest BCUT2D eigenvalue weighted by molar-refractivity contribution is -0.115.